The van der Waals surface area contributed by atoms with E-state index in [1.807, 2.05) is 6.92 Å². The third-order valence-electron chi connectivity index (χ3n) is 5.74. The fraction of sp³-hybridized carbons (Fsp3) is 0.381. The summed E-state index contributed by atoms with van der Waals surface area (Å²) in [6.07, 6.45) is 1.81. The second kappa shape index (κ2) is 7.45. The van der Waals surface area contributed by atoms with Crippen molar-refractivity contribution in [2.75, 3.05) is 6.61 Å². The Kier molecular flexibility index (Phi) is 5.04. The van der Waals surface area contributed by atoms with Crippen LogP contribution in [0.2, 0.25) is 0 Å². The van der Waals surface area contributed by atoms with E-state index in [4.69, 9.17) is 4.74 Å². The molecule has 3 heterocycles. The number of ether oxygens (including phenoxy) is 1. The Morgan fingerprint density at radius 2 is 2.10 bits per heavy atom. The molecule has 2 aliphatic rings. The SMILES string of the molecule is C[C@@H]1CCO[C@@]2(C)Cn3cc(C(=O)NCc4ccc(F)cc4F)c(=O)c(O)c3C(=O)N12. The third-order valence-corrected chi connectivity index (χ3v) is 5.74. The molecule has 0 saturated carbocycles. The van der Waals surface area contributed by atoms with Crippen LogP contribution in [-0.4, -0.2) is 44.8 Å². The average Bonchev–Trinajstić information content (AvgIpc) is 2.69. The van der Waals surface area contributed by atoms with E-state index in [0.29, 0.717) is 19.1 Å². The van der Waals surface area contributed by atoms with Gasteiger partial charge in [0.15, 0.2) is 17.2 Å². The number of benzene rings is 1. The maximum absolute atomic E-state index is 13.8. The van der Waals surface area contributed by atoms with Crippen molar-refractivity contribution in [1.29, 1.82) is 0 Å². The molecule has 0 bridgehead atoms. The van der Waals surface area contributed by atoms with Gasteiger partial charge in [-0.1, -0.05) is 6.07 Å². The fourth-order valence-electron chi connectivity index (χ4n) is 4.18. The van der Waals surface area contributed by atoms with Crippen molar-refractivity contribution in [2.45, 2.75) is 45.1 Å². The highest BCUT2D eigenvalue weighted by molar-refractivity contribution is 5.99. The number of hydrogen-bond acceptors (Lipinski definition) is 5. The molecule has 1 saturated heterocycles. The van der Waals surface area contributed by atoms with Crippen LogP contribution < -0.4 is 10.7 Å². The molecule has 0 spiro atoms. The Morgan fingerprint density at radius 3 is 2.81 bits per heavy atom. The average molecular weight is 433 g/mol. The van der Waals surface area contributed by atoms with Crippen molar-refractivity contribution in [3.63, 3.8) is 0 Å². The first-order chi connectivity index (χ1) is 14.6. The summed E-state index contributed by atoms with van der Waals surface area (Å²) < 4.78 is 34.0. The van der Waals surface area contributed by atoms with E-state index in [2.05, 4.69) is 5.32 Å². The third kappa shape index (κ3) is 3.46. The lowest BCUT2D eigenvalue weighted by Gasteiger charge is -2.51. The first-order valence-electron chi connectivity index (χ1n) is 9.78. The lowest BCUT2D eigenvalue weighted by atomic mass is 10.00. The van der Waals surface area contributed by atoms with Crippen LogP contribution in [-0.2, 0) is 17.8 Å². The molecule has 31 heavy (non-hydrogen) atoms. The van der Waals surface area contributed by atoms with Crippen LogP contribution in [0.1, 0.15) is 46.7 Å². The van der Waals surface area contributed by atoms with Gasteiger partial charge in [-0.25, -0.2) is 8.78 Å². The van der Waals surface area contributed by atoms with Crippen LogP contribution in [0.15, 0.2) is 29.2 Å². The molecule has 0 unspecified atom stereocenters. The number of nitrogens with one attached hydrogen (secondary N) is 1. The zero-order valence-corrected chi connectivity index (χ0v) is 16.9. The smallest absolute Gasteiger partial charge is 0.277 e. The first kappa shape index (κ1) is 21.0. The van der Waals surface area contributed by atoms with Gasteiger partial charge < -0.3 is 24.6 Å². The maximum atomic E-state index is 13.8. The highest BCUT2D eigenvalue weighted by Gasteiger charge is 2.48. The van der Waals surface area contributed by atoms with E-state index in [9.17, 15) is 28.3 Å². The number of aromatic nitrogens is 1. The quantitative estimate of drug-likeness (QED) is 0.768. The molecule has 1 fully saturated rings. The minimum atomic E-state index is -1.01. The number of fused-ring (bicyclic) bond motifs is 2. The van der Waals surface area contributed by atoms with Crippen LogP contribution in [0.5, 0.6) is 5.75 Å². The number of carbonyl (C=O) groups is 2. The second-order valence-corrected chi connectivity index (χ2v) is 7.95. The van der Waals surface area contributed by atoms with Crippen molar-refractivity contribution in [3.8, 4) is 5.75 Å². The number of carbonyl (C=O) groups excluding carboxylic acids is 2. The number of aromatic hydroxyl groups is 1. The summed E-state index contributed by atoms with van der Waals surface area (Å²) in [5, 5.41) is 12.8. The van der Waals surface area contributed by atoms with Crippen molar-refractivity contribution in [3.05, 3.63) is 63.1 Å². The van der Waals surface area contributed by atoms with Crippen LogP contribution in [0.3, 0.4) is 0 Å². The molecule has 2 aliphatic heterocycles. The predicted octanol–water partition coefficient (Wildman–Crippen LogP) is 1.74. The standard InChI is InChI=1S/C21H21F2N3O5/c1-11-5-6-31-21(2)10-25-9-14(17(27)18(28)16(25)20(30)26(11)21)19(29)24-8-12-3-4-13(22)7-15(12)23/h3-4,7,9,11,28H,5-6,8,10H2,1-2H3,(H,24,29)/t11-,21+/m1/s1. The van der Waals surface area contributed by atoms with Crippen molar-refractivity contribution >= 4 is 11.8 Å². The van der Waals surface area contributed by atoms with Crippen molar-refractivity contribution < 1.29 is 28.2 Å². The largest absolute Gasteiger partial charge is 0.503 e. The van der Waals surface area contributed by atoms with Gasteiger partial charge in [0, 0.05) is 30.4 Å². The molecule has 0 aliphatic carbocycles. The van der Waals surface area contributed by atoms with Gasteiger partial charge >= 0.3 is 0 Å². The van der Waals surface area contributed by atoms with Crippen LogP contribution in [0.25, 0.3) is 0 Å². The van der Waals surface area contributed by atoms with Gasteiger partial charge in [0.05, 0.1) is 13.2 Å². The first-order valence-corrected chi connectivity index (χ1v) is 9.78. The van der Waals surface area contributed by atoms with Crippen molar-refractivity contribution in [1.82, 2.24) is 14.8 Å². The molecule has 0 radical (unpaired) electrons. The Hall–Kier alpha value is -3.27. The highest BCUT2D eigenvalue weighted by atomic mass is 19.1. The van der Waals surface area contributed by atoms with E-state index < -0.39 is 45.9 Å². The van der Waals surface area contributed by atoms with Crippen molar-refractivity contribution in [2.24, 2.45) is 0 Å². The highest BCUT2D eigenvalue weighted by Crippen LogP contribution is 2.36. The fourth-order valence-corrected chi connectivity index (χ4v) is 4.18. The molecular formula is C21H21F2N3O5. The lowest BCUT2D eigenvalue weighted by Crippen LogP contribution is -2.64. The molecule has 4 rings (SSSR count). The summed E-state index contributed by atoms with van der Waals surface area (Å²) in [6, 6.07) is 2.76. The van der Waals surface area contributed by atoms with E-state index in [1.165, 1.54) is 21.7 Å². The Bertz CT molecular complexity index is 1150. The van der Waals surface area contributed by atoms with Crippen LogP contribution >= 0.6 is 0 Å². The maximum Gasteiger partial charge on any atom is 0.277 e. The normalized spacial score (nSPS) is 22.6. The molecule has 2 aromatic rings. The number of rotatable bonds is 3. The molecule has 164 valence electrons. The molecule has 1 aromatic heterocycles. The molecule has 2 N–H and O–H groups in total. The van der Waals surface area contributed by atoms with E-state index in [1.54, 1.807) is 6.92 Å². The summed E-state index contributed by atoms with van der Waals surface area (Å²) in [5.74, 6) is -3.84. The summed E-state index contributed by atoms with van der Waals surface area (Å²) in [7, 11) is 0. The molecule has 10 heteroatoms. The zero-order chi connectivity index (χ0) is 22.5. The van der Waals surface area contributed by atoms with Gasteiger partial charge in [-0.2, -0.15) is 0 Å². The zero-order valence-electron chi connectivity index (χ0n) is 16.9. The number of hydrogen-bond donors (Lipinski definition) is 2. The van der Waals surface area contributed by atoms with Gasteiger partial charge in [0.1, 0.15) is 17.2 Å². The number of amides is 2. The van der Waals surface area contributed by atoms with Gasteiger partial charge in [-0.3, -0.25) is 14.4 Å². The number of pyridine rings is 1. The van der Waals surface area contributed by atoms with Gasteiger partial charge in [-0.15, -0.1) is 0 Å². The summed E-state index contributed by atoms with van der Waals surface area (Å²) in [4.78, 5) is 39.8. The molecular weight excluding hydrogens is 412 g/mol. The van der Waals surface area contributed by atoms with E-state index >= 15 is 0 Å². The second-order valence-electron chi connectivity index (χ2n) is 7.95. The minimum absolute atomic E-state index is 0.0277. The molecule has 2 atom stereocenters. The van der Waals surface area contributed by atoms with E-state index in [0.717, 1.165) is 6.07 Å². The minimum Gasteiger partial charge on any atom is -0.503 e. The molecule has 2 amide bonds. The van der Waals surface area contributed by atoms with Gasteiger partial charge in [-0.05, 0) is 26.3 Å². The topological polar surface area (TPSA) is 101 Å². The van der Waals surface area contributed by atoms with Gasteiger partial charge in [0.2, 0.25) is 5.43 Å². The monoisotopic (exact) mass is 433 g/mol. The predicted molar refractivity (Wildman–Crippen MR) is 105 cm³/mol. The summed E-state index contributed by atoms with van der Waals surface area (Å²) in [5.41, 5.74) is -2.59. The Balaban J connectivity index is 1.66. The van der Waals surface area contributed by atoms with Crippen LogP contribution in [0, 0.1) is 11.6 Å². The molecule has 8 nitrogen and oxygen atoms in total. The Morgan fingerprint density at radius 1 is 1.35 bits per heavy atom. The summed E-state index contributed by atoms with van der Waals surface area (Å²) in [6.45, 7) is 3.85. The Labute approximate surface area is 176 Å². The number of nitrogens with zero attached hydrogens (tertiary/aromatic N) is 2. The number of halogens is 2. The molecule has 1 aromatic carbocycles. The lowest BCUT2D eigenvalue weighted by molar-refractivity contribution is -0.185. The van der Waals surface area contributed by atoms with Crippen LogP contribution in [0.4, 0.5) is 8.78 Å². The van der Waals surface area contributed by atoms with Gasteiger partial charge in [0.25, 0.3) is 11.8 Å². The van der Waals surface area contributed by atoms with E-state index in [-0.39, 0.29) is 30.4 Å². The summed E-state index contributed by atoms with van der Waals surface area (Å²) >= 11 is 0.